The lowest BCUT2D eigenvalue weighted by Gasteiger charge is -2.32. The average Bonchev–Trinajstić information content (AvgIpc) is 2.47. The third-order valence-electron chi connectivity index (χ3n) is 3.39. The summed E-state index contributed by atoms with van der Waals surface area (Å²) in [6.07, 6.45) is 3.21. The van der Waals surface area contributed by atoms with Crippen molar-refractivity contribution in [3.63, 3.8) is 0 Å². The first-order valence-electron chi connectivity index (χ1n) is 6.97. The monoisotopic (exact) mass is 359 g/mol. The minimum absolute atomic E-state index is 0.0483. The number of nitrogens with zero attached hydrogens (tertiary/aromatic N) is 1. The van der Waals surface area contributed by atoms with E-state index in [4.69, 9.17) is 16.3 Å². The normalized spacial score (nSPS) is 19.1. The van der Waals surface area contributed by atoms with Crippen LogP contribution < -0.4 is 0 Å². The van der Waals surface area contributed by atoms with E-state index in [1.165, 1.54) is 0 Å². The van der Waals surface area contributed by atoms with Crippen LogP contribution in [0.5, 0.6) is 0 Å². The second kappa shape index (κ2) is 7.43. The fourth-order valence-electron chi connectivity index (χ4n) is 2.35. The number of likely N-dealkylation sites (tertiary alicyclic amines) is 1. The van der Waals surface area contributed by atoms with Gasteiger partial charge in [0.05, 0.1) is 11.1 Å². The molecule has 0 aliphatic carbocycles. The van der Waals surface area contributed by atoms with Gasteiger partial charge in [0.15, 0.2) is 0 Å². The Morgan fingerprint density at radius 2 is 2.35 bits per heavy atom. The van der Waals surface area contributed by atoms with Gasteiger partial charge in [-0.15, -0.1) is 0 Å². The van der Waals surface area contributed by atoms with Gasteiger partial charge in [-0.3, -0.25) is 4.79 Å². The molecule has 0 bridgehead atoms. The third-order valence-corrected chi connectivity index (χ3v) is 4.60. The zero-order valence-electron chi connectivity index (χ0n) is 11.6. The molecule has 3 nitrogen and oxygen atoms in total. The summed E-state index contributed by atoms with van der Waals surface area (Å²) in [5.41, 5.74) is 0.664. The van der Waals surface area contributed by atoms with Crippen molar-refractivity contribution >= 4 is 33.4 Å². The van der Waals surface area contributed by atoms with Crippen LogP contribution in [0.25, 0.3) is 0 Å². The number of halogens is 2. The van der Waals surface area contributed by atoms with Crippen molar-refractivity contribution in [3.8, 4) is 0 Å². The number of carbonyl (C=O) groups is 1. The Kier molecular flexibility index (Phi) is 5.87. The first-order chi connectivity index (χ1) is 9.61. The van der Waals surface area contributed by atoms with Crippen LogP contribution in [0, 0.1) is 0 Å². The lowest BCUT2D eigenvalue weighted by molar-refractivity contribution is 0.00211. The van der Waals surface area contributed by atoms with E-state index >= 15 is 0 Å². The van der Waals surface area contributed by atoms with Crippen molar-refractivity contribution in [1.29, 1.82) is 0 Å². The van der Waals surface area contributed by atoms with Crippen molar-refractivity contribution in [2.75, 3.05) is 19.7 Å². The van der Waals surface area contributed by atoms with Crippen molar-refractivity contribution in [1.82, 2.24) is 4.90 Å². The van der Waals surface area contributed by atoms with E-state index in [9.17, 15) is 4.79 Å². The molecule has 2 rings (SSSR count). The molecule has 1 heterocycles. The third kappa shape index (κ3) is 3.96. The summed E-state index contributed by atoms with van der Waals surface area (Å²) in [7, 11) is 0. The minimum atomic E-state index is 0.0483. The summed E-state index contributed by atoms with van der Waals surface area (Å²) in [5.74, 6) is 0.0483. The second-order valence-electron chi connectivity index (χ2n) is 5.02. The van der Waals surface area contributed by atoms with Crippen LogP contribution >= 0.6 is 27.5 Å². The fourth-order valence-corrected chi connectivity index (χ4v) is 2.85. The number of amides is 1. The molecule has 1 fully saturated rings. The highest BCUT2D eigenvalue weighted by atomic mass is 79.9. The number of piperidine rings is 1. The van der Waals surface area contributed by atoms with Crippen molar-refractivity contribution in [2.45, 2.75) is 32.3 Å². The van der Waals surface area contributed by atoms with E-state index in [2.05, 4.69) is 22.9 Å². The van der Waals surface area contributed by atoms with E-state index in [0.29, 0.717) is 17.1 Å². The van der Waals surface area contributed by atoms with Gasteiger partial charge in [-0.25, -0.2) is 0 Å². The molecule has 0 aromatic heterocycles. The number of hydrogen-bond donors (Lipinski definition) is 0. The molecule has 1 aliphatic rings. The predicted molar refractivity (Wildman–Crippen MR) is 84.3 cm³/mol. The van der Waals surface area contributed by atoms with Gasteiger partial charge in [0.2, 0.25) is 0 Å². The molecule has 1 aromatic rings. The minimum Gasteiger partial charge on any atom is -0.376 e. The molecule has 1 unspecified atom stereocenters. The summed E-state index contributed by atoms with van der Waals surface area (Å²) in [6, 6.07) is 5.29. The van der Waals surface area contributed by atoms with Crippen LogP contribution in [0.4, 0.5) is 0 Å². The Morgan fingerprint density at radius 3 is 3.05 bits per heavy atom. The van der Waals surface area contributed by atoms with Crippen LogP contribution in [0.2, 0.25) is 5.02 Å². The standard InChI is InChI=1S/C15H19BrClNO2/c1-2-8-20-12-4-3-7-18(10-12)15(19)11-5-6-14(17)13(16)9-11/h5-6,9,12H,2-4,7-8,10H2,1H3. The summed E-state index contributed by atoms with van der Waals surface area (Å²) in [6.45, 7) is 4.33. The number of ether oxygens (including phenoxy) is 1. The van der Waals surface area contributed by atoms with Gasteiger partial charge in [0.25, 0.3) is 5.91 Å². The van der Waals surface area contributed by atoms with E-state index in [1.807, 2.05) is 4.90 Å². The molecule has 0 spiro atoms. The highest BCUT2D eigenvalue weighted by Gasteiger charge is 2.25. The van der Waals surface area contributed by atoms with E-state index < -0.39 is 0 Å². The Bertz CT molecular complexity index is 481. The fraction of sp³-hybridized carbons (Fsp3) is 0.533. The Balaban J connectivity index is 2.02. The zero-order valence-corrected chi connectivity index (χ0v) is 13.9. The molecular weight excluding hydrogens is 342 g/mol. The van der Waals surface area contributed by atoms with Crippen LogP contribution in [-0.4, -0.2) is 36.6 Å². The first-order valence-corrected chi connectivity index (χ1v) is 8.15. The maximum Gasteiger partial charge on any atom is 0.253 e. The summed E-state index contributed by atoms with van der Waals surface area (Å²) in [4.78, 5) is 14.4. The van der Waals surface area contributed by atoms with Crippen molar-refractivity contribution in [2.24, 2.45) is 0 Å². The van der Waals surface area contributed by atoms with Gasteiger partial charge in [-0.1, -0.05) is 18.5 Å². The van der Waals surface area contributed by atoms with Gasteiger partial charge < -0.3 is 9.64 Å². The number of rotatable bonds is 4. The highest BCUT2D eigenvalue weighted by Crippen LogP contribution is 2.24. The van der Waals surface area contributed by atoms with Crippen LogP contribution in [0.15, 0.2) is 22.7 Å². The van der Waals surface area contributed by atoms with E-state index in [0.717, 1.165) is 36.9 Å². The van der Waals surface area contributed by atoms with Crippen molar-refractivity contribution in [3.05, 3.63) is 33.3 Å². The van der Waals surface area contributed by atoms with Crippen LogP contribution in [0.3, 0.4) is 0 Å². The van der Waals surface area contributed by atoms with Crippen LogP contribution in [0.1, 0.15) is 36.5 Å². The zero-order chi connectivity index (χ0) is 14.5. The molecule has 1 amide bonds. The van der Waals surface area contributed by atoms with Crippen LogP contribution in [-0.2, 0) is 4.74 Å². The number of hydrogen-bond acceptors (Lipinski definition) is 2. The molecule has 0 radical (unpaired) electrons. The summed E-state index contributed by atoms with van der Waals surface area (Å²) < 4.78 is 6.52. The molecule has 1 aliphatic heterocycles. The Morgan fingerprint density at radius 1 is 1.55 bits per heavy atom. The first kappa shape index (κ1) is 15.8. The Labute approximate surface area is 133 Å². The van der Waals surface area contributed by atoms with E-state index in [-0.39, 0.29) is 12.0 Å². The largest absolute Gasteiger partial charge is 0.376 e. The molecule has 1 aromatic carbocycles. The molecule has 0 N–H and O–H groups in total. The predicted octanol–water partition coefficient (Wildman–Crippen LogP) is 4.13. The van der Waals surface area contributed by atoms with Crippen molar-refractivity contribution < 1.29 is 9.53 Å². The molecule has 1 atom stereocenters. The topological polar surface area (TPSA) is 29.5 Å². The lowest BCUT2D eigenvalue weighted by atomic mass is 10.1. The molecule has 20 heavy (non-hydrogen) atoms. The van der Waals surface area contributed by atoms with E-state index in [1.54, 1.807) is 18.2 Å². The maximum atomic E-state index is 12.5. The molecule has 1 saturated heterocycles. The van der Waals surface area contributed by atoms with Gasteiger partial charge in [0, 0.05) is 29.7 Å². The number of carbonyl (C=O) groups excluding carboxylic acids is 1. The molecular formula is C15H19BrClNO2. The smallest absolute Gasteiger partial charge is 0.253 e. The number of benzene rings is 1. The van der Waals surface area contributed by atoms with Gasteiger partial charge in [-0.2, -0.15) is 0 Å². The van der Waals surface area contributed by atoms with Gasteiger partial charge in [-0.05, 0) is 53.4 Å². The summed E-state index contributed by atoms with van der Waals surface area (Å²) >= 11 is 9.32. The molecule has 110 valence electrons. The maximum absolute atomic E-state index is 12.5. The molecule has 5 heteroatoms. The average molecular weight is 361 g/mol. The summed E-state index contributed by atoms with van der Waals surface area (Å²) in [5, 5.41) is 0.615. The SMILES string of the molecule is CCCOC1CCCN(C(=O)c2ccc(Cl)c(Br)c2)C1. The second-order valence-corrected chi connectivity index (χ2v) is 6.28. The van der Waals surface area contributed by atoms with Gasteiger partial charge in [0.1, 0.15) is 0 Å². The molecule has 0 saturated carbocycles. The highest BCUT2D eigenvalue weighted by molar-refractivity contribution is 9.10. The quantitative estimate of drug-likeness (QED) is 0.808. The lowest BCUT2D eigenvalue weighted by Crippen LogP contribution is -2.43. The van der Waals surface area contributed by atoms with Gasteiger partial charge >= 0.3 is 0 Å². The Hall–Kier alpha value is -0.580.